The molecule has 1 aliphatic heterocycles. The second-order valence-electron chi connectivity index (χ2n) is 5.43. The van der Waals surface area contributed by atoms with Crippen LogP contribution in [0.5, 0.6) is 0 Å². The van der Waals surface area contributed by atoms with Gasteiger partial charge in [-0.3, -0.25) is 9.59 Å². The van der Waals surface area contributed by atoms with Crippen molar-refractivity contribution in [2.45, 2.75) is 33.2 Å². The van der Waals surface area contributed by atoms with E-state index < -0.39 is 6.04 Å². The molecule has 1 rings (SSSR count). The molecule has 0 aromatic heterocycles. The third kappa shape index (κ3) is 3.55. The van der Waals surface area contributed by atoms with E-state index in [-0.39, 0.29) is 22.0 Å². The number of carbonyl (C=O) groups is 2. The molecule has 0 spiro atoms. The molecule has 1 heterocycles. The van der Waals surface area contributed by atoms with E-state index in [4.69, 9.17) is 23.2 Å². The van der Waals surface area contributed by atoms with Crippen LogP contribution in [0.2, 0.25) is 0 Å². The van der Waals surface area contributed by atoms with Crippen molar-refractivity contribution in [3.05, 3.63) is 21.8 Å². The summed E-state index contributed by atoms with van der Waals surface area (Å²) in [5, 5.41) is 0. The molecule has 6 heteroatoms. The van der Waals surface area contributed by atoms with Crippen molar-refractivity contribution in [3.63, 3.8) is 0 Å². The van der Waals surface area contributed by atoms with Gasteiger partial charge in [-0.1, -0.05) is 37.0 Å². The molecule has 0 aliphatic carbocycles. The van der Waals surface area contributed by atoms with Crippen molar-refractivity contribution < 1.29 is 9.59 Å². The Morgan fingerprint density at radius 3 is 2.30 bits per heavy atom. The number of allylic oxidation sites excluding steroid dienone is 2. The molecule has 0 saturated carbocycles. The molecule has 0 aromatic carbocycles. The van der Waals surface area contributed by atoms with E-state index in [1.807, 2.05) is 13.8 Å². The number of rotatable bonds is 3. The van der Waals surface area contributed by atoms with E-state index in [1.54, 1.807) is 21.0 Å². The van der Waals surface area contributed by atoms with Gasteiger partial charge in [0.2, 0.25) is 5.91 Å². The van der Waals surface area contributed by atoms with Crippen molar-refractivity contribution >= 4 is 35.0 Å². The second-order valence-corrected chi connectivity index (χ2v) is 6.38. The van der Waals surface area contributed by atoms with Gasteiger partial charge >= 0.3 is 0 Å². The van der Waals surface area contributed by atoms with Gasteiger partial charge < -0.3 is 9.80 Å². The Labute approximate surface area is 130 Å². The fourth-order valence-corrected chi connectivity index (χ4v) is 2.21. The van der Waals surface area contributed by atoms with Crippen LogP contribution < -0.4 is 0 Å². The maximum Gasteiger partial charge on any atom is 0.270 e. The molecule has 0 bridgehead atoms. The van der Waals surface area contributed by atoms with Gasteiger partial charge in [0.15, 0.2) is 0 Å². The van der Waals surface area contributed by atoms with E-state index in [9.17, 15) is 9.59 Å². The number of hydrogen-bond acceptors (Lipinski definition) is 2. The lowest BCUT2D eigenvalue weighted by Crippen LogP contribution is -2.56. The van der Waals surface area contributed by atoms with Crippen LogP contribution in [-0.4, -0.2) is 41.8 Å². The smallest absolute Gasteiger partial charge is 0.270 e. The van der Waals surface area contributed by atoms with Crippen LogP contribution in [0.3, 0.4) is 0 Å². The minimum absolute atomic E-state index is 0.0816. The highest BCUT2D eigenvalue weighted by Gasteiger charge is 2.39. The van der Waals surface area contributed by atoms with Gasteiger partial charge in [0.05, 0.1) is 0 Å². The molecule has 20 heavy (non-hydrogen) atoms. The fourth-order valence-electron chi connectivity index (χ4n) is 2.10. The quantitative estimate of drug-likeness (QED) is 0.751. The monoisotopic (exact) mass is 318 g/mol. The van der Waals surface area contributed by atoms with Gasteiger partial charge in [-0.15, -0.1) is 0 Å². The van der Waals surface area contributed by atoms with Crippen LogP contribution >= 0.6 is 23.2 Å². The Bertz CT molecular complexity index is 480. The summed E-state index contributed by atoms with van der Waals surface area (Å²) < 4.78 is 0.0816. The minimum atomic E-state index is -0.416. The molecule has 1 atom stereocenters. The highest BCUT2D eigenvalue weighted by atomic mass is 35.5. The molecule has 0 radical (unpaired) electrons. The van der Waals surface area contributed by atoms with E-state index in [1.165, 1.54) is 15.9 Å². The molecular formula is C14H20Cl2N2O2. The van der Waals surface area contributed by atoms with Crippen LogP contribution in [0.1, 0.15) is 27.2 Å². The van der Waals surface area contributed by atoms with Gasteiger partial charge in [0, 0.05) is 14.1 Å². The average molecular weight is 319 g/mol. The molecular weight excluding hydrogens is 299 g/mol. The first-order chi connectivity index (χ1) is 9.16. The predicted molar refractivity (Wildman–Crippen MR) is 81.3 cm³/mol. The zero-order valence-electron chi connectivity index (χ0n) is 12.4. The summed E-state index contributed by atoms with van der Waals surface area (Å²) in [7, 11) is 3.25. The van der Waals surface area contributed by atoms with E-state index >= 15 is 0 Å². The largest absolute Gasteiger partial charge is 0.328 e. The summed E-state index contributed by atoms with van der Waals surface area (Å²) in [6.07, 6.45) is 2.18. The molecule has 0 N–H and O–H groups in total. The number of amides is 2. The molecule has 4 nitrogen and oxygen atoms in total. The lowest BCUT2D eigenvalue weighted by Gasteiger charge is -2.38. The topological polar surface area (TPSA) is 40.6 Å². The molecule has 1 fully saturated rings. The normalized spacial score (nSPS) is 22.0. The maximum atomic E-state index is 12.4. The lowest BCUT2D eigenvalue weighted by molar-refractivity contribution is -0.149. The number of nitrogens with zero attached hydrogens (tertiary/aromatic N) is 2. The Morgan fingerprint density at radius 2 is 1.85 bits per heavy atom. The van der Waals surface area contributed by atoms with E-state index in [0.29, 0.717) is 17.9 Å². The minimum Gasteiger partial charge on any atom is -0.328 e. The van der Waals surface area contributed by atoms with Gasteiger partial charge in [-0.25, -0.2) is 0 Å². The number of piperazine rings is 1. The zero-order valence-corrected chi connectivity index (χ0v) is 13.9. The van der Waals surface area contributed by atoms with Crippen LogP contribution in [0.4, 0.5) is 0 Å². The Kier molecular flexibility index (Phi) is 5.66. The number of likely N-dealkylation sites (N-methyl/N-ethyl adjacent to an activating group) is 2. The molecule has 1 aliphatic rings. The van der Waals surface area contributed by atoms with Gasteiger partial charge in [0.1, 0.15) is 16.2 Å². The molecule has 2 amide bonds. The van der Waals surface area contributed by atoms with Gasteiger partial charge in [-0.05, 0) is 30.9 Å². The number of carbonyl (C=O) groups excluding carboxylic acids is 2. The Hall–Kier alpha value is -1.000. The second kappa shape index (κ2) is 6.64. The highest BCUT2D eigenvalue weighted by Crippen LogP contribution is 2.25. The van der Waals surface area contributed by atoms with Crippen LogP contribution in [0.15, 0.2) is 21.8 Å². The van der Waals surface area contributed by atoms with Gasteiger partial charge in [-0.2, -0.15) is 0 Å². The van der Waals surface area contributed by atoms with Crippen molar-refractivity contribution in [2.24, 2.45) is 5.92 Å². The van der Waals surface area contributed by atoms with Crippen LogP contribution in [0, 0.1) is 5.92 Å². The maximum absolute atomic E-state index is 12.4. The molecule has 0 aromatic rings. The zero-order chi connectivity index (χ0) is 15.6. The SMILES string of the molecule is CC(/C=C1/C(=O)N(C)C(CC(C)C)C(=O)N1C)=C(Cl)Cl. The fraction of sp³-hybridized carbons (Fsp3) is 0.571. The third-order valence-electron chi connectivity index (χ3n) is 3.33. The van der Waals surface area contributed by atoms with Crippen LogP contribution in [-0.2, 0) is 9.59 Å². The van der Waals surface area contributed by atoms with Crippen LogP contribution in [0.25, 0.3) is 0 Å². The summed E-state index contributed by atoms with van der Waals surface area (Å²) in [5.41, 5.74) is 0.834. The van der Waals surface area contributed by atoms with Crippen molar-refractivity contribution in [1.29, 1.82) is 0 Å². The predicted octanol–water partition coefficient (Wildman–Crippen LogP) is 2.92. The van der Waals surface area contributed by atoms with E-state index in [0.717, 1.165) is 0 Å². The van der Waals surface area contributed by atoms with E-state index in [2.05, 4.69) is 0 Å². The van der Waals surface area contributed by atoms with Gasteiger partial charge in [0.25, 0.3) is 5.91 Å². The number of halogens is 2. The Morgan fingerprint density at radius 1 is 1.30 bits per heavy atom. The molecule has 1 saturated heterocycles. The lowest BCUT2D eigenvalue weighted by atomic mass is 9.98. The third-order valence-corrected chi connectivity index (χ3v) is 3.93. The standard InChI is InChI=1S/C14H20Cl2N2O2/c1-8(2)6-10-13(19)18(5)11(14(20)17(10)4)7-9(3)12(15)16/h7-8,10H,6H2,1-5H3/b11-7-. The van der Waals surface area contributed by atoms with Crippen molar-refractivity contribution in [3.8, 4) is 0 Å². The summed E-state index contributed by atoms with van der Waals surface area (Å²) in [4.78, 5) is 27.6. The number of hydrogen-bond donors (Lipinski definition) is 0. The molecule has 112 valence electrons. The van der Waals surface area contributed by atoms with Crippen molar-refractivity contribution in [2.75, 3.05) is 14.1 Å². The first kappa shape index (κ1) is 17.1. The first-order valence-corrected chi connectivity index (χ1v) is 7.20. The summed E-state index contributed by atoms with van der Waals surface area (Å²) in [5.74, 6) is 0.0364. The summed E-state index contributed by atoms with van der Waals surface area (Å²) in [6.45, 7) is 5.74. The van der Waals surface area contributed by atoms with Crippen molar-refractivity contribution in [1.82, 2.24) is 9.80 Å². The Balaban J connectivity index is 3.15. The first-order valence-electron chi connectivity index (χ1n) is 6.45. The average Bonchev–Trinajstić information content (AvgIpc) is 2.36. The highest BCUT2D eigenvalue weighted by molar-refractivity contribution is 6.56. The summed E-state index contributed by atoms with van der Waals surface area (Å²) in [6, 6.07) is -0.416. The molecule has 1 unspecified atom stereocenters. The summed E-state index contributed by atoms with van der Waals surface area (Å²) >= 11 is 11.4.